The Morgan fingerprint density at radius 3 is 2.66 bits per heavy atom. The third-order valence-corrected chi connectivity index (χ3v) is 13.9. The predicted octanol–water partition coefficient (Wildman–Crippen LogP) is 8.62. The number of aliphatic hydroxyl groups excluding tert-OH is 2. The molecule has 8 rings (SSSR count). The molecule has 1 unspecified atom stereocenters. The van der Waals surface area contributed by atoms with Gasteiger partial charge in [-0.15, -0.1) is 0 Å². The molecule has 59 heavy (non-hydrogen) atoms. The largest absolute Gasteiger partial charge is 0.504 e. The lowest BCUT2D eigenvalue weighted by Crippen LogP contribution is -2.47. The molecule has 4 heterocycles. The molecule has 6 atom stereocenters. The molecule has 0 radical (unpaired) electrons. The van der Waals surface area contributed by atoms with Crippen LogP contribution in [0, 0.1) is 17.8 Å². The Kier molecular flexibility index (Phi) is 12.9. The maximum absolute atomic E-state index is 11.5. The molecule has 4 aromatic rings. The summed E-state index contributed by atoms with van der Waals surface area (Å²) in [6, 6.07) is 17.1. The van der Waals surface area contributed by atoms with Crippen molar-refractivity contribution in [3.05, 3.63) is 112 Å². The Hall–Kier alpha value is -4.12. The van der Waals surface area contributed by atoms with Crippen molar-refractivity contribution in [2.75, 3.05) is 19.8 Å². The summed E-state index contributed by atoms with van der Waals surface area (Å²) in [5, 5.41) is 38.8. The van der Waals surface area contributed by atoms with E-state index in [1.165, 1.54) is 29.5 Å². The van der Waals surface area contributed by atoms with E-state index >= 15 is 0 Å². The summed E-state index contributed by atoms with van der Waals surface area (Å²) in [5.74, 6) is 2.85. The summed E-state index contributed by atoms with van der Waals surface area (Å²) in [6.07, 6.45) is 17.3. The summed E-state index contributed by atoms with van der Waals surface area (Å²) in [4.78, 5) is 0. The number of nitrogens with two attached hydrogens (primary N) is 1. The van der Waals surface area contributed by atoms with Crippen LogP contribution in [0.2, 0.25) is 0 Å². The van der Waals surface area contributed by atoms with Crippen molar-refractivity contribution in [2.24, 2.45) is 23.5 Å². The van der Waals surface area contributed by atoms with E-state index in [1.807, 2.05) is 12.1 Å². The smallest absolute Gasteiger partial charge is 0.161 e. The van der Waals surface area contributed by atoms with E-state index in [0.717, 1.165) is 78.4 Å². The van der Waals surface area contributed by atoms with E-state index in [1.54, 1.807) is 6.07 Å². The van der Waals surface area contributed by atoms with Crippen LogP contribution in [-0.4, -0.2) is 58.1 Å². The average molecular weight is 804 g/mol. The molecule has 1 fully saturated rings. The summed E-state index contributed by atoms with van der Waals surface area (Å²) in [7, 11) is 0. The number of aromatic hydroxyl groups is 1. The molecule has 316 valence electrons. The van der Waals surface area contributed by atoms with Gasteiger partial charge in [0.25, 0.3) is 0 Å². The number of nitrogens with one attached hydrogen (secondary N) is 1. The van der Waals surface area contributed by atoms with Crippen LogP contribution in [0.5, 0.6) is 11.5 Å². The third kappa shape index (κ3) is 8.87. The molecular weight excluding hydrogens is 739 g/mol. The van der Waals surface area contributed by atoms with E-state index in [9.17, 15) is 15.3 Å². The fourth-order valence-electron chi connectivity index (χ4n) is 10.4. The first-order chi connectivity index (χ1) is 28.6. The molecule has 1 aromatic heterocycles. The number of fused-ring (bicyclic) bond motifs is 7. The molecule has 3 aromatic carbocycles. The summed E-state index contributed by atoms with van der Waals surface area (Å²) < 4.78 is 21.7. The number of benzene rings is 3. The summed E-state index contributed by atoms with van der Waals surface area (Å²) in [5.41, 5.74) is 13.9. The van der Waals surface area contributed by atoms with Crippen molar-refractivity contribution < 1.29 is 29.5 Å². The van der Waals surface area contributed by atoms with Gasteiger partial charge in [0.15, 0.2) is 11.5 Å². The van der Waals surface area contributed by atoms with Crippen LogP contribution in [0.15, 0.2) is 78.6 Å². The van der Waals surface area contributed by atoms with Gasteiger partial charge in [0.05, 0.1) is 38.2 Å². The highest BCUT2D eigenvalue weighted by molar-refractivity contribution is 5.88. The maximum Gasteiger partial charge on any atom is 0.161 e. The Morgan fingerprint density at radius 2 is 1.83 bits per heavy atom. The highest BCUT2D eigenvalue weighted by Gasteiger charge is 2.47. The molecule has 4 bridgehead atoms. The van der Waals surface area contributed by atoms with Gasteiger partial charge in [0, 0.05) is 40.8 Å². The van der Waals surface area contributed by atoms with Crippen LogP contribution in [0.25, 0.3) is 16.6 Å². The Labute approximate surface area is 350 Å². The zero-order chi connectivity index (χ0) is 41.1. The molecular formula is C50H65N3O6. The lowest BCUT2D eigenvalue weighted by atomic mass is 9.57. The zero-order valence-corrected chi connectivity index (χ0v) is 35.3. The molecule has 4 aliphatic rings. The molecule has 1 saturated heterocycles. The molecule has 9 nitrogen and oxygen atoms in total. The number of ether oxygens (including phenoxy) is 3. The first kappa shape index (κ1) is 41.6. The summed E-state index contributed by atoms with van der Waals surface area (Å²) >= 11 is 0. The molecule has 1 aliphatic carbocycles. The fraction of sp³-hybridized carbons (Fsp3) is 0.520. The number of rotatable bonds is 9. The second kappa shape index (κ2) is 18.2. The number of hydrogen-bond acceptors (Lipinski definition) is 8. The lowest BCUT2D eigenvalue weighted by Gasteiger charge is -2.49. The SMILES string of the molecule is CC[C@H](CCC(C)C)CC[C@H]1C[C@H](O)CCc2cc(c(O)cc2CO)OCc2cc([C@@]34CCOC[C@H]3CCc3ccccc34)cc3cn(cc23)C2=C(C=CC(N)N2)CO1. The minimum Gasteiger partial charge on any atom is -0.504 e. The Morgan fingerprint density at radius 1 is 0.983 bits per heavy atom. The maximum atomic E-state index is 11.5. The number of aromatic nitrogens is 1. The normalized spacial score (nSPS) is 25.4. The van der Waals surface area contributed by atoms with Gasteiger partial charge in [0.2, 0.25) is 0 Å². The first-order valence-electron chi connectivity index (χ1n) is 22.3. The number of phenols is 1. The van der Waals surface area contributed by atoms with E-state index < -0.39 is 6.10 Å². The fourth-order valence-corrected chi connectivity index (χ4v) is 10.4. The van der Waals surface area contributed by atoms with Gasteiger partial charge in [-0.2, -0.15) is 0 Å². The van der Waals surface area contributed by atoms with Crippen LogP contribution in [0.3, 0.4) is 0 Å². The first-order valence-corrected chi connectivity index (χ1v) is 22.3. The lowest BCUT2D eigenvalue weighted by molar-refractivity contribution is 0.00498. The second-order valence-electron chi connectivity index (χ2n) is 18.1. The van der Waals surface area contributed by atoms with Crippen LogP contribution in [0.4, 0.5) is 0 Å². The van der Waals surface area contributed by atoms with Crippen molar-refractivity contribution in [1.82, 2.24) is 9.88 Å². The van der Waals surface area contributed by atoms with Crippen molar-refractivity contribution in [3.8, 4) is 11.5 Å². The number of aliphatic hydroxyl groups is 2. The topological polar surface area (TPSA) is 131 Å². The van der Waals surface area contributed by atoms with Gasteiger partial charge in [-0.1, -0.05) is 76.4 Å². The van der Waals surface area contributed by atoms with Crippen molar-refractivity contribution in [2.45, 2.75) is 128 Å². The van der Waals surface area contributed by atoms with Crippen molar-refractivity contribution in [3.63, 3.8) is 0 Å². The van der Waals surface area contributed by atoms with E-state index in [0.29, 0.717) is 61.5 Å². The minimum absolute atomic E-state index is 0.0135. The van der Waals surface area contributed by atoms with Gasteiger partial charge in [-0.25, -0.2) is 0 Å². The van der Waals surface area contributed by atoms with Crippen LogP contribution in [0.1, 0.15) is 112 Å². The quantitative estimate of drug-likeness (QED) is 0.114. The van der Waals surface area contributed by atoms with Crippen LogP contribution in [-0.2, 0) is 40.9 Å². The van der Waals surface area contributed by atoms with Gasteiger partial charge in [-0.05, 0) is 127 Å². The predicted molar refractivity (Wildman–Crippen MR) is 234 cm³/mol. The highest BCUT2D eigenvalue weighted by Crippen LogP contribution is 2.52. The standard InChI is InChI=1S/C50H65N3O6/c1-4-33(10-9-32(2)3)11-17-43-25-42(55)16-13-35-24-47(46(56)23-38(35)28-54)59-30-39-22-41(50-19-20-57-31-40(50)15-12-34-7-5-6-8-45(34)50)21-37-26-53(27-44(37)39)49-36(29-58-43)14-18-48(51)52-49/h5-8,14,18,21-24,26-27,32-33,40,42-43,48,52,54-56H,4,9-13,15-17,19-20,25,28-31,51H2,1-3H3/t33-,40-,42-,43+,48?,50-/m1/s1. The van der Waals surface area contributed by atoms with Gasteiger partial charge < -0.3 is 45.1 Å². The summed E-state index contributed by atoms with van der Waals surface area (Å²) in [6.45, 7) is 8.66. The third-order valence-electron chi connectivity index (χ3n) is 13.9. The molecule has 3 aliphatic heterocycles. The highest BCUT2D eigenvalue weighted by atomic mass is 16.5. The van der Waals surface area contributed by atoms with E-state index in [4.69, 9.17) is 19.9 Å². The van der Waals surface area contributed by atoms with Gasteiger partial charge >= 0.3 is 0 Å². The molecule has 0 spiro atoms. The molecule has 6 N–H and O–H groups in total. The Bertz CT molecular complexity index is 2160. The number of aryl methyl sites for hydroxylation is 2. The van der Waals surface area contributed by atoms with Gasteiger partial charge in [-0.3, -0.25) is 0 Å². The van der Waals surface area contributed by atoms with Gasteiger partial charge in [0.1, 0.15) is 12.4 Å². The van der Waals surface area contributed by atoms with Crippen LogP contribution < -0.4 is 15.8 Å². The molecule has 0 saturated carbocycles. The molecule has 0 amide bonds. The molecule has 9 heteroatoms. The number of phenolic OH excluding ortho intramolecular Hbond substituents is 1. The monoisotopic (exact) mass is 803 g/mol. The number of hydrogen-bond donors (Lipinski definition) is 5. The minimum atomic E-state index is -0.609. The number of dihydropyridines is 1. The van der Waals surface area contributed by atoms with Crippen molar-refractivity contribution >= 4 is 16.6 Å². The Balaban J connectivity index is 1.23. The average Bonchev–Trinajstić information content (AvgIpc) is 3.68. The van der Waals surface area contributed by atoms with Crippen LogP contribution >= 0.6 is 0 Å². The van der Waals surface area contributed by atoms with E-state index in [-0.39, 0.29) is 36.6 Å². The second-order valence-corrected chi connectivity index (χ2v) is 18.1. The van der Waals surface area contributed by atoms with E-state index in [2.05, 4.69) is 85.5 Å². The van der Waals surface area contributed by atoms with Crippen molar-refractivity contribution in [1.29, 1.82) is 0 Å². The zero-order valence-electron chi connectivity index (χ0n) is 35.3. The number of nitrogens with zero attached hydrogens (tertiary/aromatic N) is 1.